The number of halogens is 1. The number of pyridine rings is 1. The number of anilines is 2. The largest absolute Gasteiger partial charge is 0.488 e. The minimum absolute atomic E-state index is 0.0307. The predicted octanol–water partition coefficient (Wildman–Crippen LogP) is 4.90. The number of para-hydroxylation sites is 1. The first-order chi connectivity index (χ1) is 14.5. The number of hydrogen-bond donors (Lipinski definition) is 2. The highest BCUT2D eigenvalue weighted by atomic mass is 79.9. The van der Waals surface area contributed by atoms with Crippen molar-refractivity contribution in [1.82, 2.24) is 15.0 Å². The maximum absolute atomic E-state index is 9.97. The third-order valence-electron chi connectivity index (χ3n) is 5.39. The van der Waals surface area contributed by atoms with Crippen LogP contribution in [0.2, 0.25) is 0 Å². The van der Waals surface area contributed by atoms with Gasteiger partial charge in [-0.1, -0.05) is 28.1 Å². The van der Waals surface area contributed by atoms with Crippen molar-refractivity contribution in [1.29, 1.82) is 0 Å². The number of hydrogen-bond acceptors (Lipinski definition) is 5. The maximum Gasteiger partial charge on any atom is 0.154 e. The summed E-state index contributed by atoms with van der Waals surface area (Å²) < 4.78 is 7.15. The maximum atomic E-state index is 9.97. The normalized spacial score (nSPS) is 15.9. The minimum Gasteiger partial charge on any atom is -0.488 e. The molecule has 0 spiro atoms. The molecule has 2 aromatic carbocycles. The highest BCUT2D eigenvalue weighted by molar-refractivity contribution is 9.10. The number of fused-ring (bicyclic) bond motifs is 2. The lowest BCUT2D eigenvalue weighted by Crippen LogP contribution is -2.43. The van der Waals surface area contributed by atoms with Crippen LogP contribution < -0.4 is 9.64 Å². The number of aliphatic hydroxyl groups excluding tert-OH is 1. The summed E-state index contributed by atoms with van der Waals surface area (Å²) in [5.74, 6) is 2.27. The van der Waals surface area contributed by atoms with E-state index in [1.165, 1.54) is 0 Å². The lowest BCUT2D eigenvalue weighted by atomic mass is 10.1. The van der Waals surface area contributed by atoms with Crippen LogP contribution in [0.1, 0.15) is 11.1 Å². The quantitative estimate of drug-likeness (QED) is 0.451. The van der Waals surface area contributed by atoms with Gasteiger partial charge in [0.25, 0.3) is 0 Å². The summed E-state index contributed by atoms with van der Waals surface area (Å²) >= 11 is 3.55. The van der Waals surface area contributed by atoms with Gasteiger partial charge in [-0.2, -0.15) is 0 Å². The standard InChI is InChI=1S/C23H21BrN4O2/c1-13-6-7-20(25-10-13)28-16(11-29)12-30-22-17(4-3-5-19(22)28)23-26-18-9-15(24)8-14(2)21(18)27-23/h3-10,16,29H,11-12H2,1-2H3,(H,26,27). The molecule has 1 atom stereocenters. The molecular formula is C23H21BrN4O2. The molecule has 1 aliphatic heterocycles. The summed E-state index contributed by atoms with van der Waals surface area (Å²) in [6, 6.07) is 13.8. The first kappa shape index (κ1) is 19.1. The molecule has 0 radical (unpaired) electrons. The predicted molar refractivity (Wildman–Crippen MR) is 121 cm³/mol. The molecule has 0 fully saturated rings. The van der Waals surface area contributed by atoms with Gasteiger partial charge in [0.05, 0.1) is 34.9 Å². The fourth-order valence-electron chi connectivity index (χ4n) is 3.92. The number of aryl methyl sites for hydroxylation is 2. The molecule has 3 heterocycles. The number of aromatic nitrogens is 3. The van der Waals surface area contributed by atoms with Crippen LogP contribution in [0.15, 0.2) is 53.1 Å². The van der Waals surface area contributed by atoms with Crippen LogP contribution in [-0.2, 0) is 0 Å². The molecule has 152 valence electrons. The Hall–Kier alpha value is -2.90. The van der Waals surface area contributed by atoms with Crippen LogP contribution in [0.3, 0.4) is 0 Å². The molecular weight excluding hydrogens is 444 g/mol. The van der Waals surface area contributed by atoms with Crippen LogP contribution >= 0.6 is 15.9 Å². The molecule has 0 bridgehead atoms. The number of H-pyrrole nitrogens is 1. The van der Waals surface area contributed by atoms with Crippen molar-refractivity contribution in [2.24, 2.45) is 0 Å². The summed E-state index contributed by atoms with van der Waals surface area (Å²) in [7, 11) is 0. The average molecular weight is 465 g/mol. The zero-order chi connectivity index (χ0) is 20.8. The summed E-state index contributed by atoms with van der Waals surface area (Å²) in [5, 5.41) is 9.97. The van der Waals surface area contributed by atoms with Crippen molar-refractivity contribution in [2.45, 2.75) is 19.9 Å². The number of ether oxygens (including phenoxy) is 1. The van der Waals surface area contributed by atoms with E-state index in [2.05, 4.69) is 32.0 Å². The van der Waals surface area contributed by atoms with Gasteiger partial charge in [-0.3, -0.25) is 0 Å². The van der Waals surface area contributed by atoms with Crippen LogP contribution in [0.5, 0.6) is 5.75 Å². The molecule has 2 N–H and O–H groups in total. The van der Waals surface area contributed by atoms with E-state index < -0.39 is 0 Å². The van der Waals surface area contributed by atoms with Gasteiger partial charge in [0, 0.05) is 10.7 Å². The third-order valence-corrected chi connectivity index (χ3v) is 5.85. The van der Waals surface area contributed by atoms with E-state index in [4.69, 9.17) is 9.72 Å². The second-order valence-corrected chi connectivity index (χ2v) is 8.48. The number of aromatic amines is 1. The fraction of sp³-hybridized carbons (Fsp3) is 0.217. The Kier molecular flexibility index (Phi) is 4.72. The molecule has 0 aliphatic carbocycles. The summed E-state index contributed by atoms with van der Waals surface area (Å²) in [6.45, 7) is 4.39. The van der Waals surface area contributed by atoms with Crippen molar-refractivity contribution in [2.75, 3.05) is 18.1 Å². The average Bonchev–Trinajstić information content (AvgIpc) is 3.17. The van der Waals surface area contributed by atoms with E-state index in [1.54, 1.807) is 0 Å². The second-order valence-electron chi connectivity index (χ2n) is 7.57. The van der Waals surface area contributed by atoms with Gasteiger partial charge in [0.2, 0.25) is 0 Å². The van der Waals surface area contributed by atoms with Gasteiger partial charge in [0.1, 0.15) is 18.2 Å². The van der Waals surface area contributed by atoms with E-state index in [0.29, 0.717) is 6.61 Å². The first-order valence-corrected chi connectivity index (χ1v) is 10.6. The lowest BCUT2D eigenvalue weighted by molar-refractivity contribution is 0.195. The third kappa shape index (κ3) is 3.14. The van der Waals surface area contributed by atoms with E-state index in [9.17, 15) is 5.11 Å². The van der Waals surface area contributed by atoms with Gasteiger partial charge >= 0.3 is 0 Å². The molecule has 0 saturated carbocycles. The molecule has 0 amide bonds. The van der Waals surface area contributed by atoms with Gasteiger partial charge in [-0.05, 0) is 55.3 Å². The number of nitrogens with one attached hydrogen (secondary N) is 1. The Balaban J connectivity index is 1.66. The number of benzene rings is 2. The van der Waals surface area contributed by atoms with Crippen molar-refractivity contribution < 1.29 is 9.84 Å². The summed E-state index contributed by atoms with van der Waals surface area (Å²) in [5.41, 5.74) is 5.84. The highest BCUT2D eigenvalue weighted by Crippen LogP contribution is 2.44. The lowest BCUT2D eigenvalue weighted by Gasteiger charge is -2.37. The van der Waals surface area contributed by atoms with Crippen molar-refractivity contribution in [3.8, 4) is 17.1 Å². The molecule has 5 rings (SSSR count). The summed E-state index contributed by atoms with van der Waals surface area (Å²) in [6.07, 6.45) is 1.84. The Labute approximate surface area is 182 Å². The first-order valence-electron chi connectivity index (χ1n) is 9.80. The topological polar surface area (TPSA) is 74.3 Å². The smallest absolute Gasteiger partial charge is 0.154 e. The van der Waals surface area contributed by atoms with E-state index in [0.717, 1.165) is 55.3 Å². The van der Waals surface area contributed by atoms with Gasteiger partial charge in [0.15, 0.2) is 5.75 Å². The molecule has 7 heteroatoms. The number of rotatable bonds is 3. The van der Waals surface area contributed by atoms with Gasteiger partial charge < -0.3 is 19.7 Å². The molecule has 6 nitrogen and oxygen atoms in total. The number of aliphatic hydroxyl groups is 1. The molecule has 30 heavy (non-hydrogen) atoms. The van der Waals surface area contributed by atoms with Crippen LogP contribution in [0.4, 0.5) is 11.5 Å². The van der Waals surface area contributed by atoms with E-state index in [-0.39, 0.29) is 12.6 Å². The zero-order valence-corrected chi connectivity index (χ0v) is 18.3. The molecule has 2 aromatic heterocycles. The Bertz CT molecular complexity index is 1240. The minimum atomic E-state index is -0.211. The Morgan fingerprint density at radius 3 is 2.87 bits per heavy atom. The van der Waals surface area contributed by atoms with Crippen LogP contribution in [-0.4, -0.2) is 39.3 Å². The SMILES string of the molecule is Cc1ccc(N2c3cccc(-c4nc5c(C)cc(Br)cc5[nH]4)c3OCC2CO)nc1. The zero-order valence-electron chi connectivity index (χ0n) is 16.7. The van der Waals surface area contributed by atoms with Crippen LogP contribution in [0, 0.1) is 13.8 Å². The summed E-state index contributed by atoms with van der Waals surface area (Å²) in [4.78, 5) is 14.9. The van der Waals surface area contributed by atoms with Gasteiger partial charge in [-0.15, -0.1) is 0 Å². The van der Waals surface area contributed by atoms with E-state index in [1.807, 2.05) is 61.3 Å². The Morgan fingerprint density at radius 1 is 1.23 bits per heavy atom. The molecule has 0 saturated heterocycles. The second kappa shape index (κ2) is 7.41. The number of nitrogens with zero attached hydrogens (tertiary/aromatic N) is 3. The van der Waals surface area contributed by atoms with Crippen molar-refractivity contribution >= 4 is 38.5 Å². The van der Waals surface area contributed by atoms with Crippen molar-refractivity contribution in [3.63, 3.8) is 0 Å². The Morgan fingerprint density at radius 2 is 2.10 bits per heavy atom. The van der Waals surface area contributed by atoms with Crippen LogP contribution in [0.25, 0.3) is 22.4 Å². The molecule has 1 aliphatic rings. The van der Waals surface area contributed by atoms with E-state index >= 15 is 0 Å². The van der Waals surface area contributed by atoms with Crippen molar-refractivity contribution in [3.05, 3.63) is 64.3 Å². The molecule has 1 unspecified atom stereocenters. The monoisotopic (exact) mass is 464 g/mol. The molecule has 4 aromatic rings. The van der Waals surface area contributed by atoms with Gasteiger partial charge in [-0.25, -0.2) is 9.97 Å². The number of imidazole rings is 1. The fourth-order valence-corrected chi connectivity index (χ4v) is 4.50. The highest BCUT2D eigenvalue weighted by Gasteiger charge is 2.31.